The van der Waals surface area contributed by atoms with Crippen molar-refractivity contribution in [2.45, 2.75) is 19.4 Å². The van der Waals surface area contributed by atoms with Gasteiger partial charge in [0.1, 0.15) is 11.9 Å². The minimum absolute atomic E-state index is 0.0906. The van der Waals surface area contributed by atoms with Crippen LogP contribution in [-0.4, -0.2) is 19.1 Å². The largest absolute Gasteiger partial charge is 0.468 e. The first-order valence-electron chi connectivity index (χ1n) is 4.83. The first-order valence-corrected chi connectivity index (χ1v) is 4.83. The summed E-state index contributed by atoms with van der Waals surface area (Å²) in [5.74, 6) is -1.02. The van der Waals surface area contributed by atoms with Crippen LogP contribution in [0.3, 0.4) is 0 Å². The molecule has 0 saturated carbocycles. The Balaban J connectivity index is 2.89. The molecular formula is C11H15FN2O2. The molecule has 1 atom stereocenters. The number of nitrogen functional groups attached to an aromatic ring is 1. The van der Waals surface area contributed by atoms with Crippen LogP contribution in [0.15, 0.2) is 12.1 Å². The third-order valence-electron chi connectivity index (χ3n) is 2.40. The number of rotatable bonds is 3. The van der Waals surface area contributed by atoms with Crippen molar-refractivity contribution in [2.75, 3.05) is 12.8 Å². The van der Waals surface area contributed by atoms with Gasteiger partial charge in [-0.1, -0.05) is 0 Å². The van der Waals surface area contributed by atoms with Crippen LogP contribution in [0.1, 0.15) is 11.1 Å². The van der Waals surface area contributed by atoms with Crippen molar-refractivity contribution >= 4 is 11.7 Å². The SMILES string of the molecule is COC(=O)[C@@H](N)Cc1cc(F)c(N)cc1C. The minimum atomic E-state index is -0.785. The molecule has 4 N–H and O–H groups in total. The maximum absolute atomic E-state index is 13.2. The summed E-state index contributed by atoms with van der Waals surface area (Å²) in [5, 5.41) is 0. The van der Waals surface area contributed by atoms with Gasteiger partial charge in [-0.05, 0) is 36.6 Å². The molecule has 1 rings (SSSR count). The average Bonchev–Trinajstić information content (AvgIpc) is 2.24. The van der Waals surface area contributed by atoms with E-state index in [-0.39, 0.29) is 12.1 Å². The summed E-state index contributed by atoms with van der Waals surface area (Å²) in [4.78, 5) is 11.1. The quantitative estimate of drug-likeness (QED) is 0.589. The van der Waals surface area contributed by atoms with E-state index in [2.05, 4.69) is 4.74 Å². The number of nitrogens with two attached hydrogens (primary N) is 2. The molecule has 0 fully saturated rings. The predicted molar refractivity (Wildman–Crippen MR) is 59.2 cm³/mol. The van der Waals surface area contributed by atoms with Crippen LogP contribution >= 0.6 is 0 Å². The Morgan fingerprint density at radius 2 is 2.19 bits per heavy atom. The van der Waals surface area contributed by atoms with Crippen LogP contribution in [0.2, 0.25) is 0 Å². The highest BCUT2D eigenvalue weighted by Gasteiger charge is 2.16. The van der Waals surface area contributed by atoms with Gasteiger partial charge in [-0.3, -0.25) is 4.79 Å². The lowest BCUT2D eigenvalue weighted by molar-refractivity contribution is -0.142. The fourth-order valence-electron chi connectivity index (χ4n) is 1.44. The van der Waals surface area contributed by atoms with E-state index in [1.165, 1.54) is 19.2 Å². The van der Waals surface area contributed by atoms with Crippen molar-refractivity contribution < 1.29 is 13.9 Å². The van der Waals surface area contributed by atoms with E-state index >= 15 is 0 Å². The second-order valence-electron chi connectivity index (χ2n) is 3.63. The molecule has 1 aromatic carbocycles. The molecule has 0 aliphatic carbocycles. The fourth-order valence-corrected chi connectivity index (χ4v) is 1.44. The summed E-state index contributed by atoms with van der Waals surface area (Å²) in [5.41, 5.74) is 12.5. The zero-order valence-corrected chi connectivity index (χ0v) is 9.29. The predicted octanol–water partition coefficient (Wildman–Crippen LogP) is 0.759. The first kappa shape index (κ1) is 12.4. The van der Waals surface area contributed by atoms with Crippen LogP contribution in [0.4, 0.5) is 10.1 Å². The number of benzene rings is 1. The van der Waals surface area contributed by atoms with Gasteiger partial charge in [0.05, 0.1) is 12.8 Å². The van der Waals surface area contributed by atoms with Gasteiger partial charge in [0.25, 0.3) is 0 Å². The van der Waals surface area contributed by atoms with Crippen molar-refractivity contribution in [1.29, 1.82) is 0 Å². The molecule has 0 aromatic heterocycles. The number of hydrogen-bond donors (Lipinski definition) is 2. The average molecular weight is 226 g/mol. The first-order chi connectivity index (χ1) is 7.45. The minimum Gasteiger partial charge on any atom is -0.468 e. The molecule has 0 aliphatic heterocycles. The number of ether oxygens (including phenoxy) is 1. The number of carbonyl (C=O) groups excluding carboxylic acids is 1. The summed E-state index contributed by atoms with van der Waals surface area (Å²) in [6, 6.07) is 2.04. The molecular weight excluding hydrogens is 211 g/mol. The molecule has 16 heavy (non-hydrogen) atoms. The Labute approximate surface area is 93.4 Å². The molecule has 0 radical (unpaired) electrons. The maximum Gasteiger partial charge on any atom is 0.322 e. The number of hydrogen-bond acceptors (Lipinski definition) is 4. The summed E-state index contributed by atoms with van der Waals surface area (Å²) in [6.07, 6.45) is 0.232. The molecule has 0 aliphatic rings. The van der Waals surface area contributed by atoms with Crippen LogP contribution in [0.5, 0.6) is 0 Å². The molecule has 1 aromatic rings. The van der Waals surface area contributed by atoms with Crippen molar-refractivity contribution in [3.8, 4) is 0 Å². The van der Waals surface area contributed by atoms with Gasteiger partial charge in [0.2, 0.25) is 0 Å². The van der Waals surface area contributed by atoms with E-state index in [0.29, 0.717) is 5.56 Å². The van der Waals surface area contributed by atoms with Gasteiger partial charge in [-0.2, -0.15) is 0 Å². The van der Waals surface area contributed by atoms with E-state index < -0.39 is 17.8 Å². The number of methoxy groups -OCH3 is 1. The van der Waals surface area contributed by atoms with E-state index in [4.69, 9.17) is 11.5 Å². The Hall–Kier alpha value is -1.62. The van der Waals surface area contributed by atoms with Crippen LogP contribution in [0, 0.1) is 12.7 Å². The highest BCUT2D eigenvalue weighted by molar-refractivity contribution is 5.75. The van der Waals surface area contributed by atoms with Crippen molar-refractivity contribution in [2.24, 2.45) is 5.73 Å². The molecule has 0 bridgehead atoms. The van der Waals surface area contributed by atoms with E-state index in [0.717, 1.165) is 5.56 Å². The maximum atomic E-state index is 13.2. The lowest BCUT2D eigenvalue weighted by Gasteiger charge is -2.12. The monoisotopic (exact) mass is 226 g/mol. The molecule has 5 heteroatoms. The lowest BCUT2D eigenvalue weighted by Crippen LogP contribution is -2.33. The van der Waals surface area contributed by atoms with Gasteiger partial charge >= 0.3 is 5.97 Å². The fraction of sp³-hybridized carbons (Fsp3) is 0.364. The van der Waals surface area contributed by atoms with Crippen molar-refractivity contribution in [3.63, 3.8) is 0 Å². The number of halogens is 1. The van der Waals surface area contributed by atoms with E-state index in [1.807, 2.05) is 0 Å². The Bertz CT molecular complexity index is 407. The van der Waals surface area contributed by atoms with Crippen LogP contribution in [0.25, 0.3) is 0 Å². The van der Waals surface area contributed by atoms with Crippen molar-refractivity contribution in [3.05, 3.63) is 29.1 Å². The lowest BCUT2D eigenvalue weighted by atomic mass is 10.0. The van der Waals surface area contributed by atoms with E-state index in [1.54, 1.807) is 6.92 Å². The molecule has 0 amide bonds. The summed E-state index contributed by atoms with van der Waals surface area (Å²) >= 11 is 0. The summed E-state index contributed by atoms with van der Waals surface area (Å²) in [6.45, 7) is 1.79. The molecule has 0 heterocycles. The summed E-state index contributed by atoms with van der Waals surface area (Å²) < 4.78 is 17.7. The molecule has 4 nitrogen and oxygen atoms in total. The smallest absolute Gasteiger partial charge is 0.322 e. The van der Waals surface area contributed by atoms with Gasteiger partial charge in [0, 0.05) is 0 Å². The van der Waals surface area contributed by atoms with Crippen LogP contribution < -0.4 is 11.5 Å². The standard InChI is InChI=1S/C11H15FN2O2/c1-6-3-9(13)8(12)4-7(6)5-10(14)11(15)16-2/h3-4,10H,5,13-14H2,1-2H3/t10-/m0/s1. The van der Waals surface area contributed by atoms with Crippen LogP contribution in [-0.2, 0) is 16.0 Å². The van der Waals surface area contributed by atoms with Crippen molar-refractivity contribution in [1.82, 2.24) is 0 Å². The van der Waals surface area contributed by atoms with Gasteiger partial charge in [0.15, 0.2) is 0 Å². The second-order valence-corrected chi connectivity index (χ2v) is 3.63. The highest BCUT2D eigenvalue weighted by atomic mass is 19.1. The Kier molecular flexibility index (Phi) is 3.84. The Morgan fingerprint density at radius 3 is 2.75 bits per heavy atom. The number of aryl methyl sites for hydroxylation is 1. The van der Waals surface area contributed by atoms with Gasteiger partial charge < -0.3 is 16.2 Å². The van der Waals surface area contributed by atoms with E-state index in [9.17, 15) is 9.18 Å². The molecule has 0 unspecified atom stereocenters. The third-order valence-corrected chi connectivity index (χ3v) is 2.40. The zero-order valence-electron chi connectivity index (χ0n) is 9.29. The number of anilines is 1. The van der Waals surface area contributed by atoms with Gasteiger partial charge in [-0.25, -0.2) is 4.39 Å². The molecule has 0 spiro atoms. The topological polar surface area (TPSA) is 78.3 Å². The molecule has 88 valence electrons. The number of esters is 1. The Morgan fingerprint density at radius 1 is 1.56 bits per heavy atom. The van der Waals surface area contributed by atoms with Gasteiger partial charge in [-0.15, -0.1) is 0 Å². The highest BCUT2D eigenvalue weighted by Crippen LogP contribution is 2.18. The second kappa shape index (κ2) is 4.94. The number of carbonyl (C=O) groups is 1. The zero-order chi connectivity index (χ0) is 12.3. The summed E-state index contributed by atoms with van der Waals surface area (Å²) in [7, 11) is 1.26. The third kappa shape index (κ3) is 2.70. The molecule has 0 saturated heterocycles. The normalized spacial score (nSPS) is 12.2.